The van der Waals surface area contributed by atoms with Gasteiger partial charge in [-0.05, 0) is 24.0 Å². The zero-order chi connectivity index (χ0) is 18.2. The van der Waals surface area contributed by atoms with Crippen LogP contribution in [0.15, 0.2) is 60.7 Å². The van der Waals surface area contributed by atoms with Crippen molar-refractivity contribution in [1.29, 1.82) is 0 Å². The first-order valence-corrected chi connectivity index (χ1v) is 9.39. The normalized spacial score (nSPS) is 15.9. The fourth-order valence-electron chi connectivity index (χ4n) is 3.59. The molecule has 138 valence electrons. The number of ether oxygens (including phenoxy) is 1. The maximum Gasteiger partial charge on any atom is 0.232 e. The topological polar surface area (TPSA) is 41.6 Å². The van der Waals surface area contributed by atoms with Crippen LogP contribution in [-0.2, 0) is 9.53 Å². The number of piperidine rings is 1. The lowest BCUT2D eigenvalue weighted by Crippen LogP contribution is -2.46. The van der Waals surface area contributed by atoms with Crippen LogP contribution in [0.3, 0.4) is 0 Å². The second-order valence-electron chi connectivity index (χ2n) is 6.87. The van der Waals surface area contributed by atoms with Gasteiger partial charge in [0.2, 0.25) is 5.91 Å². The largest absolute Gasteiger partial charge is 0.383 e. The minimum absolute atomic E-state index is 0.0951. The molecule has 0 aliphatic carbocycles. The third-order valence-electron chi connectivity index (χ3n) is 5.07. The van der Waals surface area contributed by atoms with E-state index in [1.807, 2.05) is 60.7 Å². The molecule has 1 amide bonds. The van der Waals surface area contributed by atoms with Gasteiger partial charge < -0.3 is 15.0 Å². The average Bonchev–Trinajstić information content (AvgIpc) is 2.69. The summed E-state index contributed by atoms with van der Waals surface area (Å²) in [5, 5.41) is 3.30. The van der Waals surface area contributed by atoms with E-state index >= 15 is 0 Å². The van der Waals surface area contributed by atoms with E-state index < -0.39 is 0 Å². The van der Waals surface area contributed by atoms with Crippen molar-refractivity contribution < 1.29 is 9.53 Å². The Bertz CT molecular complexity index is 628. The first-order valence-electron chi connectivity index (χ1n) is 9.39. The van der Waals surface area contributed by atoms with Crippen LogP contribution in [0.1, 0.15) is 29.9 Å². The lowest BCUT2D eigenvalue weighted by atomic mass is 9.90. The number of carbonyl (C=O) groups is 1. The molecule has 3 rings (SSSR count). The number of benzene rings is 2. The molecule has 1 aliphatic rings. The average molecular weight is 352 g/mol. The van der Waals surface area contributed by atoms with Crippen molar-refractivity contribution >= 4 is 5.91 Å². The van der Waals surface area contributed by atoms with Gasteiger partial charge in [0.1, 0.15) is 0 Å². The summed E-state index contributed by atoms with van der Waals surface area (Å²) in [5.41, 5.74) is 2.07. The standard InChI is InChI=1S/C22H28N2O2/c1-26-17-16-24-14-12-20(13-15-24)23-22(25)21(18-8-4-2-5-9-18)19-10-6-3-7-11-19/h2-11,20-21H,12-17H2,1H3,(H,23,25). The smallest absolute Gasteiger partial charge is 0.232 e. The summed E-state index contributed by atoms with van der Waals surface area (Å²) in [6, 6.07) is 20.3. The Morgan fingerprint density at radius 1 is 1.04 bits per heavy atom. The Kier molecular flexibility index (Phi) is 6.81. The third kappa shape index (κ3) is 4.93. The van der Waals surface area contributed by atoms with Gasteiger partial charge in [-0.1, -0.05) is 60.7 Å². The first-order chi connectivity index (χ1) is 12.8. The second kappa shape index (κ2) is 9.51. The summed E-state index contributed by atoms with van der Waals surface area (Å²) in [6.45, 7) is 3.75. The Hall–Kier alpha value is -2.17. The van der Waals surface area contributed by atoms with Crippen LogP contribution in [0, 0.1) is 0 Å². The van der Waals surface area contributed by atoms with E-state index in [9.17, 15) is 4.79 Å². The van der Waals surface area contributed by atoms with Crippen LogP contribution < -0.4 is 5.32 Å². The summed E-state index contributed by atoms with van der Waals surface area (Å²) < 4.78 is 5.15. The zero-order valence-corrected chi connectivity index (χ0v) is 15.4. The number of hydrogen-bond acceptors (Lipinski definition) is 3. The summed E-state index contributed by atoms with van der Waals surface area (Å²) in [5.74, 6) is -0.165. The van der Waals surface area contributed by atoms with Crippen molar-refractivity contribution in [3.05, 3.63) is 71.8 Å². The minimum atomic E-state index is -0.260. The number of amides is 1. The highest BCUT2D eigenvalue weighted by atomic mass is 16.5. The molecule has 1 fully saturated rings. The van der Waals surface area contributed by atoms with E-state index in [0.717, 1.165) is 50.2 Å². The number of nitrogens with zero attached hydrogens (tertiary/aromatic N) is 1. The maximum atomic E-state index is 13.1. The van der Waals surface area contributed by atoms with Gasteiger partial charge in [-0.25, -0.2) is 0 Å². The molecule has 1 saturated heterocycles. The Morgan fingerprint density at radius 2 is 1.58 bits per heavy atom. The van der Waals surface area contributed by atoms with Crippen molar-refractivity contribution in [2.45, 2.75) is 24.8 Å². The first kappa shape index (κ1) is 18.6. The predicted octanol–water partition coefficient (Wildman–Crippen LogP) is 3.05. The second-order valence-corrected chi connectivity index (χ2v) is 6.87. The molecular weight excluding hydrogens is 324 g/mol. The quantitative estimate of drug-likeness (QED) is 0.833. The van der Waals surface area contributed by atoms with Crippen LogP contribution in [0.25, 0.3) is 0 Å². The van der Waals surface area contributed by atoms with Gasteiger partial charge in [0, 0.05) is 32.8 Å². The summed E-state index contributed by atoms with van der Waals surface area (Å²) in [4.78, 5) is 15.5. The van der Waals surface area contributed by atoms with Crippen LogP contribution in [0.2, 0.25) is 0 Å². The fourth-order valence-corrected chi connectivity index (χ4v) is 3.59. The van der Waals surface area contributed by atoms with E-state index in [4.69, 9.17) is 4.74 Å². The van der Waals surface area contributed by atoms with E-state index in [1.54, 1.807) is 7.11 Å². The number of nitrogens with one attached hydrogen (secondary N) is 1. The van der Waals surface area contributed by atoms with Crippen molar-refractivity contribution in [2.24, 2.45) is 0 Å². The molecule has 0 bridgehead atoms. The van der Waals surface area contributed by atoms with Gasteiger partial charge in [0.25, 0.3) is 0 Å². The van der Waals surface area contributed by atoms with Crippen LogP contribution in [-0.4, -0.2) is 50.2 Å². The number of hydrogen-bond donors (Lipinski definition) is 1. The van der Waals surface area contributed by atoms with E-state index in [-0.39, 0.29) is 17.9 Å². The van der Waals surface area contributed by atoms with E-state index in [1.165, 1.54) is 0 Å². The molecule has 1 heterocycles. The maximum absolute atomic E-state index is 13.1. The molecule has 2 aromatic rings. The highest BCUT2D eigenvalue weighted by molar-refractivity contribution is 5.87. The van der Waals surface area contributed by atoms with Crippen molar-refractivity contribution in [3.63, 3.8) is 0 Å². The molecule has 0 saturated carbocycles. The van der Waals surface area contributed by atoms with Crippen molar-refractivity contribution in [3.8, 4) is 0 Å². The summed E-state index contributed by atoms with van der Waals surface area (Å²) in [7, 11) is 1.74. The molecule has 2 aromatic carbocycles. The van der Waals surface area contributed by atoms with Gasteiger partial charge in [-0.3, -0.25) is 4.79 Å². The van der Waals surface area contributed by atoms with Gasteiger partial charge in [-0.2, -0.15) is 0 Å². The number of methoxy groups -OCH3 is 1. The molecule has 0 atom stereocenters. The van der Waals surface area contributed by atoms with Crippen molar-refractivity contribution in [2.75, 3.05) is 33.4 Å². The molecule has 4 nitrogen and oxygen atoms in total. The Balaban J connectivity index is 1.66. The summed E-state index contributed by atoms with van der Waals surface area (Å²) >= 11 is 0. The number of rotatable bonds is 7. The van der Waals surface area contributed by atoms with E-state index in [2.05, 4.69) is 10.2 Å². The number of likely N-dealkylation sites (tertiary alicyclic amines) is 1. The van der Waals surface area contributed by atoms with Gasteiger partial charge >= 0.3 is 0 Å². The monoisotopic (exact) mass is 352 g/mol. The molecule has 0 unspecified atom stereocenters. The SMILES string of the molecule is COCCN1CCC(NC(=O)C(c2ccccc2)c2ccccc2)CC1. The molecule has 26 heavy (non-hydrogen) atoms. The van der Waals surface area contributed by atoms with Crippen LogP contribution in [0.4, 0.5) is 0 Å². The Labute approximate surface area is 156 Å². The molecular formula is C22H28N2O2. The lowest BCUT2D eigenvalue weighted by Gasteiger charge is -2.33. The fraction of sp³-hybridized carbons (Fsp3) is 0.409. The highest BCUT2D eigenvalue weighted by Crippen LogP contribution is 2.25. The molecule has 0 aromatic heterocycles. The van der Waals surface area contributed by atoms with Gasteiger partial charge in [0.05, 0.1) is 12.5 Å². The Morgan fingerprint density at radius 3 is 2.08 bits per heavy atom. The van der Waals surface area contributed by atoms with E-state index in [0.29, 0.717) is 0 Å². The number of carbonyl (C=O) groups excluding carboxylic acids is 1. The molecule has 0 radical (unpaired) electrons. The minimum Gasteiger partial charge on any atom is -0.383 e. The molecule has 1 aliphatic heterocycles. The zero-order valence-electron chi connectivity index (χ0n) is 15.4. The third-order valence-corrected chi connectivity index (χ3v) is 5.07. The van der Waals surface area contributed by atoms with Crippen molar-refractivity contribution in [1.82, 2.24) is 10.2 Å². The molecule has 0 spiro atoms. The summed E-state index contributed by atoms with van der Waals surface area (Å²) in [6.07, 6.45) is 1.98. The lowest BCUT2D eigenvalue weighted by molar-refractivity contribution is -0.122. The van der Waals surface area contributed by atoms with Gasteiger partial charge in [-0.15, -0.1) is 0 Å². The molecule has 4 heteroatoms. The van der Waals surface area contributed by atoms with Crippen LogP contribution in [0.5, 0.6) is 0 Å². The predicted molar refractivity (Wildman–Crippen MR) is 104 cm³/mol. The molecule has 1 N–H and O–H groups in total. The van der Waals surface area contributed by atoms with Crippen LogP contribution >= 0.6 is 0 Å². The van der Waals surface area contributed by atoms with Gasteiger partial charge in [0.15, 0.2) is 0 Å². The highest BCUT2D eigenvalue weighted by Gasteiger charge is 2.26.